The van der Waals surface area contributed by atoms with E-state index < -0.39 is 24.4 Å². The molecule has 5 heteroatoms. The fourth-order valence-corrected chi connectivity index (χ4v) is 0.275. The zero-order valence-corrected chi connectivity index (χ0v) is 4.57. The van der Waals surface area contributed by atoms with Gasteiger partial charge in [-0.05, 0) is 0 Å². The molecule has 0 bridgehead atoms. The van der Waals surface area contributed by atoms with Crippen molar-refractivity contribution in [3.05, 3.63) is 0 Å². The molecule has 0 aliphatic carbocycles. The van der Waals surface area contributed by atoms with Crippen molar-refractivity contribution >= 4 is 11.9 Å². The molecule has 0 aromatic heterocycles. The first-order valence-corrected chi connectivity index (χ1v) is 2.24. The summed E-state index contributed by atoms with van der Waals surface area (Å²) in [5.74, 6) is -2.50. The molecule has 0 amide bonds. The van der Waals surface area contributed by atoms with Gasteiger partial charge in [0, 0.05) is 0 Å². The summed E-state index contributed by atoms with van der Waals surface area (Å²) in [6.07, 6.45) is -0.532. The molecule has 0 heterocycles. The van der Waals surface area contributed by atoms with Crippen LogP contribution in [0.15, 0.2) is 0 Å². The van der Waals surface area contributed by atoms with E-state index in [1.165, 1.54) is 0 Å². The van der Waals surface area contributed by atoms with Gasteiger partial charge in [-0.2, -0.15) is 0 Å². The summed E-state index contributed by atoms with van der Waals surface area (Å²) in [4.78, 5) is 19.6. The van der Waals surface area contributed by atoms with Gasteiger partial charge in [0.15, 0.2) is 0 Å². The van der Waals surface area contributed by atoms with Gasteiger partial charge < -0.3 is 15.9 Å². The second kappa shape index (κ2) is 3.03. The maximum atomic E-state index is 9.85. The van der Waals surface area contributed by atoms with Gasteiger partial charge in [0.25, 0.3) is 0 Å². The Balaban J connectivity index is 3.63. The summed E-state index contributed by atoms with van der Waals surface area (Å²) in [6.45, 7) is 0. The van der Waals surface area contributed by atoms with Crippen molar-refractivity contribution in [2.75, 3.05) is 0 Å². The minimum atomic E-state index is -1.29. The largest absolute Gasteiger partial charge is 0.481 e. The summed E-state index contributed by atoms with van der Waals surface area (Å²) >= 11 is 0. The molecule has 52 valence electrons. The topological polar surface area (TPSA) is 101 Å². The van der Waals surface area contributed by atoms with Crippen LogP contribution < -0.4 is 5.73 Å². The zero-order chi connectivity index (χ0) is 7.44. The van der Waals surface area contributed by atoms with Crippen molar-refractivity contribution in [3.63, 3.8) is 0 Å². The second-order valence-electron chi connectivity index (χ2n) is 1.54. The Labute approximate surface area is 51.1 Å². The van der Waals surface area contributed by atoms with Gasteiger partial charge in [0.2, 0.25) is 0 Å². The molecule has 4 N–H and O–H groups in total. The monoisotopic (exact) mass is 135 g/mol. The lowest BCUT2D eigenvalue weighted by Gasteiger charge is -1.99. The van der Waals surface area contributed by atoms with Crippen molar-refractivity contribution in [2.45, 2.75) is 12.5 Å². The average molecular weight is 135 g/mol. The van der Waals surface area contributed by atoms with Crippen molar-refractivity contribution in [3.8, 4) is 0 Å². The molecule has 0 rings (SSSR count). The quantitative estimate of drug-likeness (QED) is 0.425. The third-order valence-electron chi connectivity index (χ3n) is 0.712. The fraction of sp³-hybridized carbons (Fsp3) is 0.500. The van der Waals surface area contributed by atoms with Gasteiger partial charge in [-0.3, -0.25) is 9.59 Å². The normalized spacial score (nSPS) is 12.6. The van der Waals surface area contributed by atoms with Crippen LogP contribution in [0, 0.1) is 0 Å². The minimum Gasteiger partial charge on any atom is -0.481 e. The van der Waals surface area contributed by atoms with Gasteiger partial charge in [-0.1, -0.05) is 0 Å². The van der Waals surface area contributed by atoms with Gasteiger partial charge >= 0.3 is 11.9 Å². The van der Waals surface area contributed by atoms with Crippen molar-refractivity contribution in [1.82, 2.24) is 0 Å². The highest BCUT2D eigenvalue weighted by atomic mass is 16.5. The van der Waals surface area contributed by atoms with Crippen molar-refractivity contribution in [1.29, 1.82) is 0 Å². The molecule has 0 aliphatic heterocycles. The summed E-state index contributed by atoms with van der Waals surface area (Å²) in [7, 11) is 0. The Kier molecular flexibility index (Phi) is 2.66. The summed E-state index contributed by atoms with van der Waals surface area (Å²) in [5, 5.41) is 16.0. The molecule has 0 aromatic rings. The van der Waals surface area contributed by atoms with Crippen molar-refractivity contribution < 1.29 is 19.8 Å². The van der Waals surface area contributed by atoms with E-state index in [0.29, 0.717) is 0 Å². The number of aliphatic carboxylic acids is 2. The Morgan fingerprint density at radius 1 is 1.44 bits per heavy atom. The van der Waals surface area contributed by atoms with E-state index in [-0.39, 0.29) is 0 Å². The average Bonchev–Trinajstić information content (AvgIpc) is 1.63. The lowest BCUT2D eigenvalue weighted by molar-refractivity contribution is -0.144. The van der Waals surface area contributed by atoms with Gasteiger partial charge in [0.1, 0.15) is 6.04 Å². The van der Waals surface area contributed by atoms with Crippen LogP contribution >= 0.6 is 0 Å². The molecule has 5 nitrogen and oxygen atoms in total. The van der Waals surface area contributed by atoms with Crippen LogP contribution in [0.5, 0.6) is 0 Å². The molecule has 0 aliphatic rings. The highest BCUT2D eigenvalue weighted by Gasteiger charge is 2.14. The van der Waals surface area contributed by atoms with Crippen molar-refractivity contribution in [2.24, 2.45) is 5.73 Å². The van der Waals surface area contributed by atoms with Crippen LogP contribution in [0.25, 0.3) is 0 Å². The SMILES string of the molecule is N[C@@H]([13CH2]C(=O)O)[13C](=O)O. The fourth-order valence-electron chi connectivity index (χ4n) is 0.275. The Morgan fingerprint density at radius 3 is 2.00 bits per heavy atom. The van der Waals surface area contributed by atoms with E-state index in [9.17, 15) is 9.59 Å². The van der Waals surface area contributed by atoms with E-state index >= 15 is 0 Å². The highest BCUT2D eigenvalue weighted by molar-refractivity contribution is 5.80. The smallest absolute Gasteiger partial charge is 0.321 e. The predicted octanol–water partition coefficient (Wildman–Crippen LogP) is -1.13. The summed E-state index contributed by atoms with van der Waals surface area (Å²) in [6, 6.07) is -1.29. The van der Waals surface area contributed by atoms with Crippen LogP contribution in [-0.4, -0.2) is 28.2 Å². The van der Waals surface area contributed by atoms with E-state index in [0.717, 1.165) is 0 Å². The number of carboxylic acids is 2. The molecule has 9 heavy (non-hydrogen) atoms. The molecule has 0 saturated heterocycles. The lowest BCUT2D eigenvalue weighted by atomic mass is 10.6. The van der Waals surface area contributed by atoms with Crippen LogP contribution in [-0.2, 0) is 9.59 Å². The highest BCUT2D eigenvalue weighted by Crippen LogP contribution is 1.86. The zero-order valence-electron chi connectivity index (χ0n) is 4.57. The van der Waals surface area contributed by atoms with Gasteiger partial charge in [-0.15, -0.1) is 0 Å². The Hall–Kier alpha value is -1.10. The number of carbonyl (C=O) groups is 2. The number of rotatable bonds is 3. The van der Waals surface area contributed by atoms with E-state index in [2.05, 4.69) is 0 Å². The maximum absolute atomic E-state index is 9.85. The van der Waals surface area contributed by atoms with E-state index in [1.54, 1.807) is 0 Å². The van der Waals surface area contributed by atoms with Gasteiger partial charge in [0.05, 0.1) is 6.42 Å². The Morgan fingerprint density at radius 2 is 1.89 bits per heavy atom. The molecule has 0 saturated carbocycles. The molecule has 0 aromatic carbocycles. The molecule has 0 radical (unpaired) electrons. The maximum Gasteiger partial charge on any atom is 0.321 e. The van der Waals surface area contributed by atoms with Gasteiger partial charge in [-0.25, -0.2) is 0 Å². The first kappa shape index (κ1) is 7.90. The summed E-state index contributed by atoms with van der Waals surface area (Å²) in [5.41, 5.74) is 4.84. The summed E-state index contributed by atoms with van der Waals surface area (Å²) < 4.78 is 0. The number of hydrogen-bond donors (Lipinski definition) is 3. The van der Waals surface area contributed by atoms with E-state index in [4.69, 9.17) is 15.9 Å². The third-order valence-corrected chi connectivity index (χ3v) is 0.712. The molecule has 0 spiro atoms. The molecule has 1 atom stereocenters. The van der Waals surface area contributed by atoms with Crippen LogP contribution in [0.3, 0.4) is 0 Å². The van der Waals surface area contributed by atoms with E-state index in [1.807, 2.05) is 0 Å². The third kappa shape index (κ3) is 3.48. The second-order valence-corrected chi connectivity index (χ2v) is 1.54. The molecular formula is C4H7NO4. The van der Waals surface area contributed by atoms with Crippen LogP contribution in [0.2, 0.25) is 0 Å². The standard InChI is InChI=1S/C4H7NO4/c5-2(4(8)9)1-3(6)7/h2H,1,5H2,(H,6,7)(H,8,9)/t2-/m0/s1/i1+1,4+1. The number of nitrogens with two attached hydrogens (primary N) is 1. The lowest BCUT2D eigenvalue weighted by Crippen LogP contribution is -2.32. The predicted molar refractivity (Wildman–Crippen MR) is 27.9 cm³/mol. The van der Waals surface area contributed by atoms with Crippen LogP contribution in [0.1, 0.15) is 6.42 Å². The first-order valence-electron chi connectivity index (χ1n) is 2.24. The minimum absolute atomic E-state index is 0.532. The molecular weight excluding hydrogens is 128 g/mol. The molecule has 0 fully saturated rings. The van der Waals surface area contributed by atoms with Crippen LogP contribution in [0.4, 0.5) is 0 Å². The first-order chi connectivity index (χ1) is 4.04. The molecule has 0 unspecified atom stereocenters. The Bertz CT molecular complexity index is 133. The number of carboxylic acid groups (broad SMARTS) is 2. The number of hydrogen-bond acceptors (Lipinski definition) is 3.